The minimum atomic E-state index is -0.461. The summed E-state index contributed by atoms with van der Waals surface area (Å²) in [5, 5.41) is 6.01. The van der Waals surface area contributed by atoms with Gasteiger partial charge in [-0.1, -0.05) is 6.07 Å². The summed E-state index contributed by atoms with van der Waals surface area (Å²) in [5.74, 6) is -0.0187. The number of carbonyl (C=O) groups excluding carboxylic acids is 2. The van der Waals surface area contributed by atoms with Crippen molar-refractivity contribution in [1.82, 2.24) is 10.6 Å². The molecule has 1 aromatic carbocycles. The second-order valence-corrected chi connectivity index (χ2v) is 4.89. The molecule has 1 heterocycles. The van der Waals surface area contributed by atoms with Gasteiger partial charge in [0.15, 0.2) is 0 Å². The molecule has 1 saturated heterocycles. The Morgan fingerprint density at radius 3 is 2.73 bits per heavy atom. The SMILES string of the molecule is COC(=O)c1cc(CNC(=O)C2CCCN2)ccc1OC.Cl. The Balaban J connectivity index is 0.00000242. The molecule has 1 fully saturated rings. The van der Waals surface area contributed by atoms with Crippen molar-refractivity contribution in [2.45, 2.75) is 25.4 Å². The van der Waals surface area contributed by atoms with E-state index in [9.17, 15) is 9.59 Å². The van der Waals surface area contributed by atoms with Gasteiger partial charge in [0.05, 0.1) is 20.3 Å². The predicted molar refractivity (Wildman–Crippen MR) is 84.5 cm³/mol. The van der Waals surface area contributed by atoms with Gasteiger partial charge < -0.3 is 20.1 Å². The summed E-state index contributed by atoms with van der Waals surface area (Å²) in [6.07, 6.45) is 1.88. The van der Waals surface area contributed by atoms with E-state index < -0.39 is 5.97 Å². The Morgan fingerprint density at radius 1 is 1.36 bits per heavy atom. The fourth-order valence-electron chi connectivity index (χ4n) is 2.36. The van der Waals surface area contributed by atoms with Crippen LogP contribution in [0.15, 0.2) is 18.2 Å². The highest BCUT2D eigenvalue weighted by Gasteiger charge is 2.21. The van der Waals surface area contributed by atoms with Crippen LogP contribution in [0.25, 0.3) is 0 Å². The fraction of sp³-hybridized carbons (Fsp3) is 0.467. The molecular formula is C15H21ClN2O4. The summed E-state index contributed by atoms with van der Waals surface area (Å²) >= 11 is 0. The fourth-order valence-corrected chi connectivity index (χ4v) is 2.36. The molecule has 0 radical (unpaired) electrons. The molecule has 2 rings (SSSR count). The number of benzene rings is 1. The minimum absolute atomic E-state index is 0. The van der Waals surface area contributed by atoms with Crippen molar-refractivity contribution in [1.29, 1.82) is 0 Å². The van der Waals surface area contributed by atoms with Gasteiger partial charge in [-0.15, -0.1) is 12.4 Å². The average molecular weight is 329 g/mol. The molecule has 22 heavy (non-hydrogen) atoms. The van der Waals surface area contributed by atoms with Crippen LogP contribution in [0, 0.1) is 0 Å². The number of hydrogen-bond acceptors (Lipinski definition) is 5. The van der Waals surface area contributed by atoms with E-state index in [1.807, 2.05) is 6.07 Å². The van der Waals surface area contributed by atoms with Crippen LogP contribution in [-0.4, -0.2) is 38.7 Å². The van der Waals surface area contributed by atoms with Gasteiger partial charge >= 0.3 is 5.97 Å². The summed E-state index contributed by atoms with van der Waals surface area (Å²) < 4.78 is 9.86. The molecule has 1 aliphatic rings. The number of methoxy groups -OCH3 is 2. The van der Waals surface area contributed by atoms with Crippen LogP contribution in [0.1, 0.15) is 28.8 Å². The largest absolute Gasteiger partial charge is 0.496 e. The number of hydrogen-bond donors (Lipinski definition) is 2. The maximum atomic E-state index is 11.9. The van der Waals surface area contributed by atoms with Crippen LogP contribution in [0.4, 0.5) is 0 Å². The smallest absolute Gasteiger partial charge is 0.341 e. The molecule has 0 bridgehead atoms. The zero-order valence-electron chi connectivity index (χ0n) is 12.7. The molecule has 2 N–H and O–H groups in total. The van der Waals surface area contributed by atoms with Crippen molar-refractivity contribution < 1.29 is 19.1 Å². The van der Waals surface area contributed by atoms with Gasteiger partial charge in [-0.2, -0.15) is 0 Å². The third kappa shape index (κ3) is 4.35. The lowest BCUT2D eigenvalue weighted by atomic mass is 10.1. The summed E-state index contributed by atoms with van der Waals surface area (Å²) in [6, 6.07) is 5.07. The number of carbonyl (C=O) groups is 2. The second kappa shape index (κ2) is 8.60. The van der Waals surface area contributed by atoms with E-state index in [4.69, 9.17) is 9.47 Å². The zero-order chi connectivity index (χ0) is 15.2. The van der Waals surface area contributed by atoms with Crippen LogP contribution < -0.4 is 15.4 Å². The molecule has 1 amide bonds. The topological polar surface area (TPSA) is 76.7 Å². The van der Waals surface area contributed by atoms with Gasteiger partial charge in [0.25, 0.3) is 0 Å². The van der Waals surface area contributed by atoms with Crippen LogP contribution in [-0.2, 0) is 16.1 Å². The Labute approximate surface area is 136 Å². The van der Waals surface area contributed by atoms with E-state index in [1.54, 1.807) is 12.1 Å². The van der Waals surface area contributed by atoms with Crippen molar-refractivity contribution in [3.63, 3.8) is 0 Å². The normalized spacial score (nSPS) is 16.5. The molecule has 0 aliphatic carbocycles. The molecule has 1 atom stereocenters. The molecule has 7 heteroatoms. The van der Waals surface area contributed by atoms with E-state index >= 15 is 0 Å². The van der Waals surface area contributed by atoms with Crippen LogP contribution in [0.3, 0.4) is 0 Å². The van der Waals surface area contributed by atoms with Gasteiger partial charge in [0, 0.05) is 6.54 Å². The van der Waals surface area contributed by atoms with E-state index in [2.05, 4.69) is 10.6 Å². The molecule has 1 aliphatic heterocycles. The van der Waals surface area contributed by atoms with Crippen molar-refractivity contribution in [2.24, 2.45) is 0 Å². The summed E-state index contributed by atoms with van der Waals surface area (Å²) in [5.41, 5.74) is 1.17. The molecule has 122 valence electrons. The minimum Gasteiger partial charge on any atom is -0.496 e. The monoisotopic (exact) mass is 328 g/mol. The number of esters is 1. The summed E-state index contributed by atoms with van der Waals surface area (Å²) in [6.45, 7) is 1.25. The average Bonchev–Trinajstić information content (AvgIpc) is 3.06. The lowest BCUT2D eigenvalue weighted by Gasteiger charge is -2.12. The number of ether oxygens (including phenoxy) is 2. The first-order valence-electron chi connectivity index (χ1n) is 6.92. The van der Waals surface area contributed by atoms with Crippen molar-refractivity contribution >= 4 is 24.3 Å². The van der Waals surface area contributed by atoms with Gasteiger partial charge in [-0.05, 0) is 37.1 Å². The summed E-state index contributed by atoms with van der Waals surface area (Å²) in [7, 11) is 2.82. The number of rotatable bonds is 5. The lowest BCUT2D eigenvalue weighted by Crippen LogP contribution is -2.40. The summed E-state index contributed by atoms with van der Waals surface area (Å²) in [4.78, 5) is 23.6. The maximum absolute atomic E-state index is 11.9. The Kier molecular flexibility index (Phi) is 7.14. The van der Waals surface area contributed by atoms with E-state index in [-0.39, 0.29) is 24.4 Å². The highest BCUT2D eigenvalue weighted by atomic mass is 35.5. The molecule has 6 nitrogen and oxygen atoms in total. The Hall–Kier alpha value is -1.79. The number of nitrogens with one attached hydrogen (secondary N) is 2. The van der Waals surface area contributed by atoms with E-state index in [0.717, 1.165) is 24.9 Å². The van der Waals surface area contributed by atoms with Gasteiger partial charge in [-0.3, -0.25) is 4.79 Å². The highest BCUT2D eigenvalue weighted by Crippen LogP contribution is 2.20. The number of amides is 1. The Bertz CT molecular complexity index is 530. The first kappa shape index (κ1) is 18.3. The first-order valence-corrected chi connectivity index (χ1v) is 6.92. The Morgan fingerprint density at radius 2 is 2.14 bits per heavy atom. The van der Waals surface area contributed by atoms with Crippen molar-refractivity contribution in [3.05, 3.63) is 29.3 Å². The standard InChI is InChI=1S/C15H20N2O4.ClH/c1-20-13-6-5-10(8-11(13)15(19)21-2)9-17-14(18)12-4-3-7-16-12;/h5-6,8,12,16H,3-4,7,9H2,1-2H3,(H,17,18);1H. The van der Waals surface area contributed by atoms with Crippen LogP contribution >= 0.6 is 12.4 Å². The zero-order valence-corrected chi connectivity index (χ0v) is 13.5. The van der Waals surface area contributed by atoms with E-state index in [0.29, 0.717) is 17.9 Å². The van der Waals surface area contributed by atoms with Crippen molar-refractivity contribution in [2.75, 3.05) is 20.8 Å². The first-order chi connectivity index (χ1) is 10.2. The van der Waals surface area contributed by atoms with Crippen LogP contribution in [0.5, 0.6) is 5.75 Å². The lowest BCUT2D eigenvalue weighted by molar-refractivity contribution is -0.122. The maximum Gasteiger partial charge on any atom is 0.341 e. The third-order valence-corrected chi connectivity index (χ3v) is 3.51. The van der Waals surface area contributed by atoms with Gasteiger partial charge in [0.2, 0.25) is 5.91 Å². The second-order valence-electron chi connectivity index (χ2n) is 4.89. The molecule has 0 saturated carbocycles. The highest BCUT2D eigenvalue weighted by molar-refractivity contribution is 5.92. The quantitative estimate of drug-likeness (QED) is 0.796. The van der Waals surface area contributed by atoms with Gasteiger partial charge in [0.1, 0.15) is 11.3 Å². The molecule has 1 unspecified atom stereocenters. The van der Waals surface area contributed by atoms with Crippen molar-refractivity contribution in [3.8, 4) is 5.75 Å². The van der Waals surface area contributed by atoms with E-state index in [1.165, 1.54) is 14.2 Å². The van der Waals surface area contributed by atoms with Gasteiger partial charge in [-0.25, -0.2) is 4.79 Å². The van der Waals surface area contributed by atoms with Crippen LogP contribution in [0.2, 0.25) is 0 Å². The third-order valence-electron chi connectivity index (χ3n) is 3.51. The molecule has 0 spiro atoms. The molecular weight excluding hydrogens is 308 g/mol. The predicted octanol–water partition coefficient (Wildman–Crippen LogP) is 1.27. The molecule has 1 aromatic rings. The molecule has 0 aromatic heterocycles. The number of halogens is 1.